The van der Waals surface area contributed by atoms with Gasteiger partial charge in [0.25, 0.3) is 5.91 Å². The minimum Gasteiger partial charge on any atom is -0.384 e. The fourth-order valence-electron chi connectivity index (χ4n) is 3.04. The van der Waals surface area contributed by atoms with Crippen molar-refractivity contribution in [3.63, 3.8) is 0 Å². The summed E-state index contributed by atoms with van der Waals surface area (Å²) >= 11 is 0. The molecule has 1 unspecified atom stereocenters. The molecule has 0 radical (unpaired) electrons. The molecule has 4 heteroatoms. The molecular weight excluding hydrogens is 312 g/mol. The predicted molar refractivity (Wildman–Crippen MR) is 99.5 cm³/mol. The highest BCUT2D eigenvalue weighted by molar-refractivity contribution is 5.94. The Morgan fingerprint density at radius 2 is 1.72 bits per heavy atom. The first kappa shape index (κ1) is 17.1. The zero-order chi connectivity index (χ0) is 17.8. The highest BCUT2D eigenvalue weighted by Crippen LogP contribution is 2.28. The van der Waals surface area contributed by atoms with Gasteiger partial charge in [-0.2, -0.15) is 0 Å². The van der Waals surface area contributed by atoms with Gasteiger partial charge >= 0.3 is 0 Å². The number of benzene rings is 2. The quantitative estimate of drug-likeness (QED) is 0.772. The Hall–Kier alpha value is -2.72. The number of rotatable bonds is 5. The lowest BCUT2D eigenvalue weighted by Gasteiger charge is -2.19. The molecule has 3 rings (SSSR count). The van der Waals surface area contributed by atoms with Crippen LogP contribution in [0.25, 0.3) is 10.9 Å². The number of hydrogen-bond donors (Lipinski definition) is 1. The fraction of sp³-hybridized carbons (Fsp3) is 0.238. The van der Waals surface area contributed by atoms with Crippen LogP contribution in [0.1, 0.15) is 41.4 Å². The average molecular weight is 334 g/mol. The molecule has 1 amide bonds. The van der Waals surface area contributed by atoms with Gasteiger partial charge in [0, 0.05) is 30.2 Å². The first-order chi connectivity index (χ1) is 12.2. The van der Waals surface area contributed by atoms with Gasteiger partial charge in [0.05, 0.1) is 5.52 Å². The number of carbonyl (C=O) groups excluding carboxylic acids is 1. The maximum Gasteiger partial charge on any atom is 0.253 e. The lowest BCUT2D eigenvalue weighted by molar-refractivity contribution is 0.0773. The third kappa shape index (κ3) is 3.39. The molecule has 0 fully saturated rings. The molecule has 1 aromatic heterocycles. The van der Waals surface area contributed by atoms with Crippen LogP contribution in [0.2, 0.25) is 0 Å². The number of para-hydroxylation sites is 1. The van der Waals surface area contributed by atoms with Crippen LogP contribution >= 0.6 is 0 Å². The van der Waals surface area contributed by atoms with Gasteiger partial charge in [-0.05, 0) is 49.2 Å². The summed E-state index contributed by atoms with van der Waals surface area (Å²) in [7, 11) is 0. The molecule has 25 heavy (non-hydrogen) atoms. The number of aliphatic hydroxyl groups excluding tert-OH is 1. The van der Waals surface area contributed by atoms with Crippen molar-refractivity contribution in [3.05, 3.63) is 77.5 Å². The number of aromatic nitrogens is 1. The van der Waals surface area contributed by atoms with E-state index >= 15 is 0 Å². The number of fused-ring (bicyclic) bond motifs is 1. The lowest BCUT2D eigenvalue weighted by atomic mass is 9.97. The summed E-state index contributed by atoms with van der Waals surface area (Å²) in [6.45, 7) is 5.30. The summed E-state index contributed by atoms with van der Waals surface area (Å²) in [6, 6.07) is 16.8. The number of carbonyl (C=O) groups is 1. The first-order valence-electron chi connectivity index (χ1n) is 8.56. The molecule has 0 aliphatic carbocycles. The maximum absolute atomic E-state index is 12.4. The highest BCUT2D eigenvalue weighted by Gasteiger charge is 2.16. The van der Waals surface area contributed by atoms with Crippen molar-refractivity contribution >= 4 is 16.8 Å². The normalized spacial score (nSPS) is 12.1. The molecule has 0 saturated heterocycles. The largest absolute Gasteiger partial charge is 0.384 e. The van der Waals surface area contributed by atoms with E-state index in [4.69, 9.17) is 0 Å². The molecular formula is C21H22N2O2. The van der Waals surface area contributed by atoms with E-state index in [0.717, 1.165) is 22.0 Å². The minimum atomic E-state index is -0.759. The van der Waals surface area contributed by atoms with Crippen molar-refractivity contribution in [2.24, 2.45) is 0 Å². The third-order valence-electron chi connectivity index (χ3n) is 4.50. The van der Waals surface area contributed by atoms with Crippen molar-refractivity contribution in [1.82, 2.24) is 9.88 Å². The monoisotopic (exact) mass is 334 g/mol. The van der Waals surface area contributed by atoms with Crippen molar-refractivity contribution in [2.75, 3.05) is 13.1 Å². The van der Waals surface area contributed by atoms with E-state index in [1.165, 1.54) is 0 Å². The zero-order valence-electron chi connectivity index (χ0n) is 14.5. The Morgan fingerprint density at radius 3 is 2.40 bits per heavy atom. The molecule has 2 aromatic carbocycles. The van der Waals surface area contributed by atoms with Crippen LogP contribution in [-0.4, -0.2) is 34.0 Å². The molecule has 1 N–H and O–H groups in total. The Morgan fingerprint density at radius 1 is 1.04 bits per heavy atom. The zero-order valence-corrected chi connectivity index (χ0v) is 14.5. The summed E-state index contributed by atoms with van der Waals surface area (Å²) in [6.07, 6.45) is 0.949. The van der Waals surface area contributed by atoms with E-state index in [-0.39, 0.29) is 5.91 Å². The molecule has 1 atom stereocenters. The maximum atomic E-state index is 12.4. The van der Waals surface area contributed by atoms with Crippen LogP contribution in [0.5, 0.6) is 0 Å². The second kappa shape index (κ2) is 7.45. The van der Waals surface area contributed by atoms with Crippen LogP contribution < -0.4 is 0 Å². The number of amides is 1. The summed E-state index contributed by atoms with van der Waals surface area (Å²) < 4.78 is 0. The molecule has 0 aliphatic heterocycles. The highest BCUT2D eigenvalue weighted by atomic mass is 16.3. The Balaban J connectivity index is 1.90. The summed E-state index contributed by atoms with van der Waals surface area (Å²) in [5.74, 6) is 0.0143. The van der Waals surface area contributed by atoms with Crippen molar-refractivity contribution in [2.45, 2.75) is 20.0 Å². The Bertz CT molecular complexity index is 865. The van der Waals surface area contributed by atoms with Crippen molar-refractivity contribution < 1.29 is 9.90 Å². The molecule has 1 heterocycles. The lowest BCUT2D eigenvalue weighted by Crippen LogP contribution is -2.30. The number of hydrogen-bond acceptors (Lipinski definition) is 3. The topological polar surface area (TPSA) is 53.4 Å². The predicted octanol–water partition coefficient (Wildman–Crippen LogP) is 3.80. The van der Waals surface area contributed by atoms with Crippen LogP contribution in [0.4, 0.5) is 0 Å². The molecule has 128 valence electrons. The fourth-order valence-corrected chi connectivity index (χ4v) is 3.04. The third-order valence-corrected chi connectivity index (χ3v) is 4.50. The van der Waals surface area contributed by atoms with Gasteiger partial charge < -0.3 is 10.0 Å². The minimum absolute atomic E-state index is 0.0143. The van der Waals surface area contributed by atoms with Gasteiger partial charge in [-0.15, -0.1) is 0 Å². The van der Waals surface area contributed by atoms with E-state index < -0.39 is 6.10 Å². The average Bonchev–Trinajstić information content (AvgIpc) is 2.68. The van der Waals surface area contributed by atoms with Crippen LogP contribution in [0.15, 0.2) is 60.8 Å². The van der Waals surface area contributed by atoms with Gasteiger partial charge in [-0.3, -0.25) is 9.78 Å². The van der Waals surface area contributed by atoms with E-state index in [1.54, 1.807) is 23.2 Å². The van der Waals surface area contributed by atoms with Crippen LogP contribution in [0, 0.1) is 0 Å². The Kier molecular flexibility index (Phi) is 5.10. The second-order valence-electron chi connectivity index (χ2n) is 5.92. The summed E-state index contributed by atoms with van der Waals surface area (Å²) in [5.41, 5.74) is 3.06. The molecule has 0 bridgehead atoms. The van der Waals surface area contributed by atoms with Crippen molar-refractivity contribution in [3.8, 4) is 0 Å². The summed E-state index contributed by atoms with van der Waals surface area (Å²) in [5, 5.41) is 11.7. The molecule has 4 nitrogen and oxygen atoms in total. The van der Waals surface area contributed by atoms with E-state index in [1.807, 2.05) is 56.3 Å². The van der Waals surface area contributed by atoms with Gasteiger partial charge in [0.15, 0.2) is 0 Å². The van der Waals surface area contributed by atoms with Gasteiger partial charge in [0.2, 0.25) is 0 Å². The van der Waals surface area contributed by atoms with E-state index in [2.05, 4.69) is 4.98 Å². The molecule has 0 spiro atoms. The van der Waals surface area contributed by atoms with Gasteiger partial charge in [-0.25, -0.2) is 0 Å². The first-order valence-corrected chi connectivity index (χ1v) is 8.56. The van der Waals surface area contributed by atoms with Gasteiger partial charge in [-0.1, -0.05) is 30.3 Å². The van der Waals surface area contributed by atoms with Crippen LogP contribution in [0.3, 0.4) is 0 Å². The van der Waals surface area contributed by atoms with E-state index in [0.29, 0.717) is 18.7 Å². The van der Waals surface area contributed by atoms with Gasteiger partial charge in [0.1, 0.15) is 6.10 Å². The molecule has 0 aliphatic rings. The number of aliphatic hydroxyl groups is 1. The van der Waals surface area contributed by atoms with Crippen molar-refractivity contribution in [1.29, 1.82) is 0 Å². The van der Waals surface area contributed by atoms with E-state index in [9.17, 15) is 9.90 Å². The number of pyridine rings is 1. The summed E-state index contributed by atoms with van der Waals surface area (Å²) in [4.78, 5) is 18.5. The van der Waals surface area contributed by atoms with Crippen LogP contribution in [-0.2, 0) is 0 Å². The number of nitrogens with zero attached hydrogens (tertiary/aromatic N) is 2. The molecule has 0 saturated carbocycles. The Labute approximate surface area is 147 Å². The SMILES string of the molecule is CCN(CC)C(=O)c1ccc(C(O)c2ccnc3ccccc23)cc1. The second-order valence-corrected chi connectivity index (χ2v) is 5.92. The molecule has 3 aromatic rings. The smallest absolute Gasteiger partial charge is 0.253 e. The standard InChI is InChI=1S/C21H22N2O2/c1-3-23(4-2)21(25)16-11-9-15(10-12-16)20(24)18-13-14-22-19-8-6-5-7-17(18)19/h5-14,20,24H,3-4H2,1-2H3.